The highest BCUT2D eigenvalue weighted by Crippen LogP contribution is 2.33. The van der Waals surface area contributed by atoms with Crippen molar-refractivity contribution in [2.45, 2.75) is 64.1 Å². The van der Waals surface area contributed by atoms with Crippen LogP contribution in [0.5, 0.6) is 0 Å². The molecule has 10 heteroatoms. The second-order valence-electron chi connectivity index (χ2n) is 10.1. The molecule has 3 aromatic rings. The number of anilines is 4. The summed E-state index contributed by atoms with van der Waals surface area (Å²) in [5, 5.41) is 11.5. The zero-order valence-corrected chi connectivity index (χ0v) is 21.0. The van der Waals surface area contributed by atoms with E-state index >= 15 is 4.39 Å². The number of piperidine rings is 1. The summed E-state index contributed by atoms with van der Waals surface area (Å²) in [4.78, 5) is 23.3. The number of alkyl carbamates (subject to hydrolysis) is 1. The molecule has 0 spiro atoms. The third-order valence-corrected chi connectivity index (χ3v) is 6.89. The molecule has 3 N–H and O–H groups in total. The highest BCUT2D eigenvalue weighted by Gasteiger charge is 2.25. The first-order chi connectivity index (χ1) is 16.7. The first-order valence-corrected chi connectivity index (χ1v) is 12.9. The maximum atomic E-state index is 15.1. The molecule has 5 rings (SSSR count). The topological polar surface area (TPSA) is 91.4 Å². The SMILES string of the molecule is CC(C)(C)OC(=O)NC1CCN(c2ccc(Nc3nc(NC4CC4)c4sccc4n3)cc2F)CC1. The lowest BCUT2D eigenvalue weighted by Crippen LogP contribution is -2.46. The molecule has 35 heavy (non-hydrogen) atoms. The van der Waals surface area contributed by atoms with Crippen LogP contribution in [0.4, 0.5) is 32.3 Å². The highest BCUT2D eigenvalue weighted by molar-refractivity contribution is 7.17. The molecule has 1 saturated heterocycles. The lowest BCUT2D eigenvalue weighted by atomic mass is 10.0. The van der Waals surface area contributed by atoms with Crippen LogP contribution in [0.25, 0.3) is 10.2 Å². The van der Waals surface area contributed by atoms with Gasteiger partial charge in [-0.1, -0.05) is 0 Å². The number of carbonyl (C=O) groups excluding carboxylic acids is 1. The van der Waals surface area contributed by atoms with Gasteiger partial charge < -0.3 is 25.6 Å². The van der Waals surface area contributed by atoms with Crippen LogP contribution in [0.2, 0.25) is 0 Å². The summed E-state index contributed by atoms with van der Waals surface area (Å²) in [5.41, 5.74) is 1.49. The molecule has 8 nitrogen and oxygen atoms in total. The third-order valence-electron chi connectivity index (χ3n) is 5.98. The molecular formula is C25H31FN6O2S. The number of aromatic nitrogens is 2. The Hall–Kier alpha value is -3.14. The van der Waals surface area contributed by atoms with Gasteiger partial charge in [-0.15, -0.1) is 11.3 Å². The molecule has 1 amide bonds. The fraction of sp³-hybridized carbons (Fsp3) is 0.480. The molecule has 2 fully saturated rings. The van der Waals surface area contributed by atoms with E-state index in [1.165, 1.54) is 6.07 Å². The number of benzene rings is 1. The Bertz CT molecular complexity index is 1210. The number of thiophene rings is 1. The largest absolute Gasteiger partial charge is 0.444 e. The van der Waals surface area contributed by atoms with E-state index in [-0.39, 0.29) is 11.9 Å². The Morgan fingerprint density at radius 3 is 2.57 bits per heavy atom. The molecule has 1 saturated carbocycles. The van der Waals surface area contributed by atoms with Gasteiger partial charge in [0, 0.05) is 30.9 Å². The number of nitrogens with zero attached hydrogens (tertiary/aromatic N) is 3. The molecule has 0 bridgehead atoms. The van der Waals surface area contributed by atoms with E-state index in [9.17, 15) is 4.79 Å². The van der Waals surface area contributed by atoms with Gasteiger partial charge in [-0.3, -0.25) is 0 Å². The summed E-state index contributed by atoms with van der Waals surface area (Å²) < 4.78 is 21.4. The van der Waals surface area contributed by atoms with Crippen LogP contribution in [0.15, 0.2) is 29.6 Å². The van der Waals surface area contributed by atoms with Crippen molar-refractivity contribution in [3.05, 3.63) is 35.5 Å². The number of rotatable bonds is 6. The van der Waals surface area contributed by atoms with Gasteiger partial charge in [0.05, 0.1) is 15.9 Å². The predicted octanol–water partition coefficient (Wildman–Crippen LogP) is 5.64. The zero-order chi connectivity index (χ0) is 24.6. The van der Waals surface area contributed by atoms with E-state index in [4.69, 9.17) is 4.74 Å². The zero-order valence-electron chi connectivity index (χ0n) is 20.2. The van der Waals surface area contributed by atoms with Crippen molar-refractivity contribution in [3.8, 4) is 0 Å². The van der Waals surface area contributed by atoms with Gasteiger partial charge in [0.15, 0.2) is 0 Å². The molecule has 1 aliphatic heterocycles. The van der Waals surface area contributed by atoms with Crippen LogP contribution >= 0.6 is 11.3 Å². The maximum Gasteiger partial charge on any atom is 0.407 e. The van der Waals surface area contributed by atoms with E-state index in [2.05, 4.69) is 25.9 Å². The number of hydrogen-bond acceptors (Lipinski definition) is 8. The first-order valence-electron chi connectivity index (χ1n) is 12.1. The number of halogens is 1. The highest BCUT2D eigenvalue weighted by atomic mass is 32.1. The standard InChI is InChI=1S/C25H31FN6O2S/c1-25(2,3)34-24(33)29-16-8-11-32(12-9-16)20-7-6-17(14-18(20)26)28-23-30-19-10-13-35-21(19)22(31-23)27-15-4-5-15/h6-7,10,13-16H,4-5,8-9,11-12H2,1-3H3,(H,29,33)(H2,27,28,30,31). The maximum absolute atomic E-state index is 15.1. The van der Waals surface area contributed by atoms with Crippen LogP contribution < -0.4 is 20.9 Å². The molecule has 1 aliphatic carbocycles. The molecule has 2 aromatic heterocycles. The Kier molecular flexibility index (Phi) is 6.39. The van der Waals surface area contributed by atoms with Gasteiger partial charge in [0.25, 0.3) is 0 Å². The number of ether oxygens (including phenoxy) is 1. The van der Waals surface area contributed by atoms with E-state index in [0.717, 1.165) is 41.7 Å². The molecule has 1 aromatic carbocycles. The lowest BCUT2D eigenvalue weighted by Gasteiger charge is -2.34. The molecule has 0 radical (unpaired) electrons. The molecule has 186 valence electrons. The summed E-state index contributed by atoms with van der Waals surface area (Å²) in [7, 11) is 0. The number of hydrogen-bond donors (Lipinski definition) is 3. The van der Waals surface area contributed by atoms with E-state index in [1.807, 2.05) is 43.2 Å². The van der Waals surface area contributed by atoms with Gasteiger partial charge in [-0.2, -0.15) is 4.98 Å². The molecule has 0 unspecified atom stereocenters. The fourth-order valence-electron chi connectivity index (χ4n) is 4.15. The van der Waals surface area contributed by atoms with Crippen molar-refractivity contribution < 1.29 is 13.9 Å². The fourth-order valence-corrected chi connectivity index (χ4v) is 4.93. The van der Waals surface area contributed by atoms with Gasteiger partial charge >= 0.3 is 6.09 Å². The predicted molar refractivity (Wildman–Crippen MR) is 138 cm³/mol. The average Bonchev–Trinajstić information content (AvgIpc) is 3.46. The quantitative estimate of drug-likeness (QED) is 0.405. The number of fused-ring (bicyclic) bond motifs is 1. The summed E-state index contributed by atoms with van der Waals surface area (Å²) >= 11 is 1.61. The lowest BCUT2D eigenvalue weighted by molar-refractivity contribution is 0.0497. The summed E-state index contributed by atoms with van der Waals surface area (Å²) in [6.45, 7) is 6.82. The molecule has 2 aliphatic rings. The second kappa shape index (κ2) is 9.49. The van der Waals surface area contributed by atoms with E-state index in [1.54, 1.807) is 17.4 Å². The smallest absolute Gasteiger partial charge is 0.407 e. The first kappa shape index (κ1) is 23.6. The third kappa shape index (κ3) is 5.93. The Morgan fingerprint density at radius 2 is 1.89 bits per heavy atom. The second-order valence-corrected chi connectivity index (χ2v) is 11.1. The minimum Gasteiger partial charge on any atom is -0.444 e. The van der Waals surface area contributed by atoms with Crippen molar-refractivity contribution in [1.82, 2.24) is 15.3 Å². The molecule has 3 heterocycles. The van der Waals surface area contributed by atoms with Crippen molar-refractivity contribution in [2.75, 3.05) is 28.6 Å². The van der Waals surface area contributed by atoms with Crippen LogP contribution in [0.3, 0.4) is 0 Å². The van der Waals surface area contributed by atoms with Crippen LogP contribution in [-0.2, 0) is 4.74 Å². The van der Waals surface area contributed by atoms with E-state index in [0.29, 0.717) is 36.5 Å². The van der Waals surface area contributed by atoms with Crippen molar-refractivity contribution >= 4 is 50.8 Å². The number of nitrogens with one attached hydrogen (secondary N) is 3. The minimum atomic E-state index is -0.528. The summed E-state index contributed by atoms with van der Waals surface area (Å²) in [6.07, 6.45) is 3.35. The minimum absolute atomic E-state index is 0.0210. The van der Waals surface area contributed by atoms with Crippen molar-refractivity contribution in [1.29, 1.82) is 0 Å². The van der Waals surface area contributed by atoms with Crippen LogP contribution in [0, 0.1) is 5.82 Å². The van der Waals surface area contributed by atoms with Crippen LogP contribution in [-0.4, -0.2) is 46.8 Å². The average molecular weight is 499 g/mol. The Balaban J connectivity index is 1.22. The number of amides is 1. The van der Waals surface area contributed by atoms with Gasteiger partial charge in [0.2, 0.25) is 5.95 Å². The van der Waals surface area contributed by atoms with Gasteiger partial charge in [-0.25, -0.2) is 14.2 Å². The van der Waals surface area contributed by atoms with Crippen molar-refractivity contribution in [2.24, 2.45) is 0 Å². The molecular weight excluding hydrogens is 467 g/mol. The Morgan fingerprint density at radius 1 is 1.11 bits per heavy atom. The number of carbonyl (C=O) groups is 1. The van der Waals surface area contributed by atoms with Crippen LogP contribution in [0.1, 0.15) is 46.5 Å². The normalized spacial score (nSPS) is 16.9. The van der Waals surface area contributed by atoms with Gasteiger partial charge in [0.1, 0.15) is 17.2 Å². The van der Waals surface area contributed by atoms with Crippen molar-refractivity contribution in [3.63, 3.8) is 0 Å². The monoisotopic (exact) mass is 498 g/mol. The van der Waals surface area contributed by atoms with E-state index < -0.39 is 11.7 Å². The summed E-state index contributed by atoms with van der Waals surface area (Å²) in [6, 6.07) is 7.58. The summed E-state index contributed by atoms with van der Waals surface area (Å²) in [5.74, 6) is 0.969. The Labute approximate surface area is 208 Å². The molecule has 0 atom stereocenters. The van der Waals surface area contributed by atoms with Gasteiger partial charge in [-0.05, 0) is 76.1 Å².